The van der Waals surface area contributed by atoms with Gasteiger partial charge in [-0.05, 0) is 26.0 Å². The normalized spacial score (nSPS) is 11.2. The SMILES string of the molecule is CC(=CC(=O)c1ccc(C)cc1)Nc1ccncc1. The van der Waals surface area contributed by atoms with Crippen molar-refractivity contribution in [3.05, 3.63) is 71.7 Å². The van der Waals surface area contributed by atoms with Gasteiger partial charge in [0.05, 0.1) is 0 Å². The number of aryl methyl sites for hydroxylation is 1. The molecule has 1 aromatic carbocycles. The molecular weight excluding hydrogens is 236 g/mol. The molecule has 0 aliphatic carbocycles. The number of ketones is 1. The van der Waals surface area contributed by atoms with E-state index < -0.39 is 0 Å². The predicted molar refractivity (Wildman–Crippen MR) is 77.1 cm³/mol. The van der Waals surface area contributed by atoms with Gasteiger partial charge in [-0.15, -0.1) is 0 Å². The van der Waals surface area contributed by atoms with E-state index in [1.165, 1.54) is 0 Å². The molecule has 3 nitrogen and oxygen atoms in total. The van der Waals surface area contributed by atoms with E-state index in [2.05, 4.69) is 10.3 Å². The average molecular weight is 252 g/mol. The monoisotopic (exact) mass is 252 g/mol. The third kappa shape index (κ3) is 3.78. The fourth-order valence-corrected chi connectivity index (χ4v) is 1.70. The Kier molecular flexibility index (Phi) is 4.08. The highest BCUT2D eigenvalue weighted by atomic mass is 16.1. The highest BCUT2D eigenvalue weighted by molar-refractivity contribution is 6.05. The maximum Gasteiger partial charge on any atom is 0.187 e. The van der Waals surface area contributed by atoms with E-state index in [-0.39, 0.29) is 5.78 Å². The van der Waals surface area contributed by atoms with Gasteiger partial charge in [0.2, 0.25) is 0 Å². The van der Waals surface area contributed by atoms with Gasteiger partial charge in [-0.25, -0.2) is 0 Å². The van der Waals surface area contributed by atoms with Gasteiger partial charge in [0.1, 0.15) is 0 Å². The van der Waals surface area contributed by atoms with Crippen molar-refractivity contribution in [1.29, 1.82) is 0 Å². The van der Waals surface area contributed by atoms with E-state index in [0.29, 0.717) is 5.56 Å². The summed E-state index contributed by atoms with van der Waals surface area (Å²) < 4.78 is 0. The molecule has 0 saturated carbocycles. The van der Waals surface area contributed by atoms with Crippen molar-refractivity contribution in [2.24, 2.45) is 0 Å². The van der Waals surface area contributed by atoms with Crippen LogP contribution < -0.4 is 5.32 Å². The lowest BCUT2D eigenvalue weighted by molar-refractivity contribution is 0.104. The summed E-state index contributed by atoms with van der Waals surface area (Å²) in [6.07, 6.45) is 5.01. The Morgan fingerprint density at radius 1 is 1.11 bits per heavy atom. The number of nitrogens with zero attached hydrogens (tertiary/aromatic N) is 1. The molecule has 2 rings (SSSR count). The summed E-state index contributed by atoms with van der Waals surface area (Å²) in [6, 6.07) is 11.3. The third-order valence-corrected chi connectivity index (χ3v) is 2.71. The maximum atomic E-state index is 12.0. The molecule has 0 aliphatic rings. The first-order valence-electron chi connectivity index (χ1n) is 6.11. The number of benzene rings is 1. The van der Waals surface area contributed by atoms with Crippen LogP contribution in [-0.2, 0) is 0 Å². The molecule has 0 saturated heterocycles. The molecule has 0 fully saturated rings. The van der Waals surface area contributed by atoms with Crippen molar-refractivity contribution in [2.45, 2.75) is 13.8 Å². The molecule has 1 heterocycles. The summed E-state index contributed by atoms with van der Waals surface area (Å²) >= 11 is 0. The van der Waals surface area contributed by atoms with Crippen molar-refractivity contribution in [1.82, 2.24) is 4.98 Å². The van der Waals surface area contributed by atoms with Gasteiger partial charge < -0.3 is 5.32 Å². The molecular formula is C16H16N2O. The lowest BCUT2D eigenvalue weighted by Crippen LogP contribution is -2.01. The Morgan fingerprint density at radius 3 is 2.37 bits per heavy atom. The van der Waals surface area contributed by atoms with Gasteiger partial charge in [-0.3, -0.25) is 9.78 Å². The minimum Gasteiger partial charge on any atom is -0.359 e. The van der Waals surface area contributed by atoms with Crippen LogP contribution in [0.25, 0.3) is 0 Å². The number of carbonyl (C=O) groups excluding carboxylic acids is 1. The van der Waals surface area contributed by atoms with E-state index in [0.717, 1.165) is 16.9 Å². The van der Waals surface area contributed by atoms with E-state index in [4.69, 9.17) is 0 Å². The number of anilines is 1. The first-order chi connectivity index (χ1) is 9.15. The lowest BCUT2D eigenvalue weighted by Gasteiger charge is -2.05. The number of hydrogen-bond donors (Lipinski definition) is 1. The second kappa shape index (κ2) is 5.96. The summed E-state index contributed by atoms with van der Waals surface area (Å²) in [5.41, 5.74) is 3.56. The summed E-state index contributed by atoms with van der Waals surface area (Å²) in [5.74, 6) is -0.000874. The minimum absolute atomic E-state index is 0.000874. The molecule has 1 N–H and O–H groups in total. The molecule has 2 aromatic rings. The molecule has 1 aromatic heterocycles. The smallest absolute Gasteiger partial charge is 0.187 e. The van der Waals surface area contributed by atoms with Crippen molar-refractivity contribution in [2.75, 3.05) is 5.32 Å². The van der Waals surface area contributed by atoms with E-state index in [9.17, 15) is 4.79 Å². The Bertz CT molecular complexity index is 586. The summed E-state index contributed by atoms with van der Waals surface area (Å²) in [7, 11) is 0. The Hall–Kier alpha value is -2.42. The molecule has 19 heavy (non-hydrogen) atoms. The standard InChI is InChI=1S/C16H16N2O/c1-12-3-5-14(6-4-12)16(19)11-13(2)18-15-7-9-17-10-8-15/h3-11H,1-2H3,(H,17,18). The van der Waals surface area contributed by atoms with Crippen LogP contribution in [0.5, 0.6) is 0 Å². The number of carbonyl (C=O) groups is 1. The number of nitrogens with one attached hydrogen (secondary N) is 1. The zero-order valence-corrected chi connectivity index (χ0v) is 11.1. The number of hydrogen-bond acceptors (Lipinski definition) is 3. The fraction of sp³-hybridized carbons (Fsp3) is 0.125. The molecule has 0 spiro atoms. The number of pyridine rings is 1. The van der Waals surface area contributed by atoms with Crippen LogP contribution in [0, 0.1) is 6.92 Å². The van der Waals surface area contributed by atoms with Crippen molar-refractivity contribution in [3.63, 3.8) is 0 Å². The van der Waals surface area contributed by atoms with Crippen LogP contribution in [0.4, 0.5) is 5.69 Å². The molecule has 0 bridgehead atoms. The van der Waals surface area contributed by atoms with Crippen molar-refractivity contribution >= 4 is 11.5 Å². The molecule has 0 aliphatic heterocycles. The molecule has 3 heteroatoms. The fourth-order valence-electron chi connectivity index (χ4n) is 1.70. The highest BCUT2D eigenvalue weighted by Crippen LogP contribution is 2.10. The predicted octanol–water partition coefficient (Wildman–Crippen LogP) is 3.59. The first kappa shape index (κ1) is 13.0. The highest BCUT2D eigenvalue weighted by Gasteiger charge is 2.02. The third-order valence-electron chi connectivity index (χ3n) is 2.71. The van der Waals surface area contributed by atoms with Crippen LogP contribution in [-0.4, -0.2) is 10.8 Å². The molecule has 0 unspecified atom stereocenters. The quantitative estimate of drug-likeness (QED) is 0.668. The minimum atomic E-state index is -0.000874. The van der Waals surface area contributed by atoms with Crippen LogP contribution in [0.1, 0.15) is 22.8 Å². The van der Waals surface area contributed by atoms with Gasteiger partial charge in [0.25, 0.3) is 0 Å². The number of rotatable bonds is 4. The van der Waals surface area contributed by atoms with Crippen LogP contribution in [0.3, 0.4) is 0 Å². The second-order valence-electron chi connectivity index (χ2n) is 4.42. The Balaban J connectivity index is 2.08. The largest absolute Gasteiger partial charge is 0.359 e. The lowest BCUT2D eigenvalue weighted by atomic mass is 10.1. The van der Waals surface area contributed by atoms with Gasteiger partial charge in [0.15, 0.2) is 5.78 Å². The zero-order valence-electron chi connectivity index (χ0n) is 11.1. The van der Waals surface area contributed by atoms with Crippen molar-refractivity contribution in [3.8, 4) is 0 Å². The van der Waals surface area contributed by atoms with Gasteiger partial charge in [-0.1, -0.05) is 29.8 Å². The summed E-state index contributed by atoms with van der Waals surface area (Å²) in [6.45, 7) is 3.87. The van der Waals surface area contributed by atoms with Crippen LogP contribution >= 0.6 is 0 Å². The van der Waals surface area contributed by atoms with Crippen LogP contribution in [0.2, 0.25) is 0 Å². The average Bonchev–Trinajstić information content (AvgIpc) is 2.40. The molecule has 0 radical (unpaired) electrons. The first-order valence-corrected chi connectivity index (χ1v) is 6.11. The number of allylic oxidation sites excluding steroid dienone is 2. The second-order valence-corrected chi connectivity index (χ2v) is 4.42. The van der Waals surface area contributed by atoms with Crippen molar-refractivity contribution < 1.29 is 4.79 Å². The van der Waals surface area contributed by atoms with E-state index >= 15 is 0 Å². The van der Waals surface area contributed by atoms with Gasteiger partial charge in [0, 0.05) is 35.4 Å². The zero-order chi connectivity index (χ0) is 13.7. The topological polar surface area (TPSA) is 42.0 Å². The van der Waals surface area contributed by atoms with E-state index in [1.807, 2.05) is 50.2 Å². The molecule has 96 valence electrons. The van der Waals surface area contributed by atoms with Crippen LogP contribution in [0.15, 0.2) is 60.6 Å². The molecule has 0 amide bonds. The maximum absolute atomic E-state index is 12.0. The Labute approximate surface area is 113 Å². The number of aromatic nitrogens is 1. The molecule has 0 atom stereocenters. The Morgan fingerprint density at radius 2 is 1.74 bits per heavy atom. The summed E-state index contributed by atoms with van der Waals surface area (Å²) in [5, 5.41) is 3.15. The van der Waals surface area contributed by atoms with Gasteiger partial charge >= 0.3 is 0 Å². The van der Waals surface area contributed by atoms with Gasteiger partial charge in [-0.2, -0.15) is 0 Å². The van der Waals surface area contributed by atoms with E-state index in [1.54, 1.807) is 18.5 Å². The summed E-state index contributed by atoms with van der Waals surface area (Å²) in [4.78, 5) is 16.0.